The van der Waals surface area contributed by atoms with Crippen LogP contribution in [0.15, 0.2) is 42.7 Å². The standard InChI is InChI=1S/C15H8F3N3O/c16-12-5-11(6-13(17)15(12)18)21-14(4-10(8-22)20-21)9-2-1-3-19-7-9/h1-8H. The highest BCUT2D eigenvalue weighted by atomic mass is 19.2. The maximum atomic E-state index is 13.4. The fraction of sp³-hybridized carbons (Fsp3) is 0. The summed E-state index contributed by atoms with van der Waals surface area (Å²) in [5, 5.41) is 3.95. The summed E-state index contributed by atoms with van der Waals surface area (Å²) in [7, 11) is 0. The van der Waals surface area contributed by atoms with Crippen LogP contribution >= 0.6 is 0 Å². The summed E-state index contributed by atoms with van der Waals surface area (Å²) < 4.78 is 41.1. The molecule has 22 heavy (non-hydrogen) atoms. The zero-order valence-corrected chi connectivity index (χ0v) is 11.0. The predicted octanol–water partition coefficient (Wildman–Crippen LogP) is 3.16. The van der Waals surface area contributed by atoms with E-state index in [1.165, 1.54) is 12.3 Å². The molecule has 7 heteroatoms. The van der Waals surface area contributed by atoms with Crippen LogP contribution in [0.5, 0.6) is 0 Å². The minimum absolute atomic E-state index is 0.0386. The van der Waals surface area contributed by atoms with E-state index in [4.69, 9.17) is 0 Å². The molecule has 0 atom stereocenters. The lowest BCUT2D eigenvalue weighted by Gasteiger charge is -2.08. The summed E-state index contributed by atoms with van der Waals surface area (Å²) >= 11 is 0. The first-order valence-electron chi connectivity index (χ1n) is 6.20. The van der Waals surface area contributed by atoms with E-state index in [9.17, 15) is 18.0 Å². The Morgan fingerprint density at radius 3 is 2.41 bits per heavy atom. The first kappa shape index (κ1) is 14.0. The van der Waals surface area contributed by atoms with E-state index in [0.29, 0.717) is 17.5 Å². The Balaban J connectivity index is 2.23. The van der Waals surface area contributed by atoms with Crippen LogP contribution in [-0.4, -0.2) is 21.1 Å². The molecule has 0 N–H and O–H groups in total. The maximum absolute atomic E-state index is 13.4. The molecule has 110 valence electrons. The number of nitrogens with zero attached hydrogens (tertiary/aromatic N) is 3. The lowest BCUT2D eigenvalue weighted by molar-refractivity contribution is 0.111. The third kappa shape index (κ3) is 2.37. The third-order valence-electron chi connectivity index (χ3n) is 3.02. The average Bonchev–Trinajstić information content (AvgIpc) is 2.97. The number of carbonyl (C=O) groups is 1. The Bertz CT molecular complexity index is 823. The van der Waals surface area contributed by atoms with Crippen LogP contribution in [0.25, 0.3) is 16.9 Å². The number of aromatic nitrogens is 3. The Hall–Kier alpha value is -2.96. The molecule has 0 bridgehead atoms. The Morgan fingerprint density at radius 1 is 1.09 bits per heavy atom. The molecule has 4 nitrogen and oxygen atoms in total. The van der Waals surface area contributed by atoms with Gasteiger partial charge in [-0.3, -0.25) is 9.78 Å². The van der Waals surface area contributed by atoms with Crippen molar-refractivity contribution in [1.29, 1.82) is 0 Å². The molecule has 3 aromatic rings. The van der Waals surface area contributed by atoms with Crippen molar-refractivity contribution in [3.05, 3.63) is 65.9 Å². The quantitative estimate of drug-likeness (QED) is 0.551. The highest BCUT2D eigenvalue weighted by Gasteiger charge is 2.16. The summed E-state index contributed by atoms with van der Waals surface area (Å²) in [6, 6.07) is 6.42. The van der Waals surface area contributed by atoms with Gasteiger partial charge in [0.1, 0.15) is 5.69 Å². The van der Waals surface area contributed by atoms with Gasteiger partial charge >= 0.3 is 0 Å². The molecule has 0 saturated carbocycles. The van der Waals surface area contributed by atoms with Gasteiger partial charge in [0.05, 0.1) is 11.4 Å². The van der Waals surface area contributed by atoms with Crippen molar-refractivity contribution in [2.45, 2.75) is 0 Å². The number of rotatable bonds is 3. The summed E-state index contributed by atoms with van der Waals surface area (Å²) in [6.45, 7) is 0. The predicted molar refractivity (Wildman–Crippen MR) is 72.1 cm³/mol. The second kappa shape index (κ2) is 5.44. The SMILES string of the molecule is O=Cc1cc(-c2cccnc2)n(-c2cc(F)c(F)c(F)c2)n1. The molecular weight excluding hydrogens is 295 g/mol. The lowest BCUT2D eigenvalue weighted by Crippen LogP contribution is -2.03. The van der Waals surface area contributed by atoms with Crippen molar-refractivity contribution in [1.82, 2.24) is 14.8 Å². The zero-order chi connectivity index (χ0) is 15.7. The first-order chi connectivity index (χ1) is 10.6. The average molecular weight is 303 g/mol. The summed E-state index contributed by atoms with van der Waals surface area (Å²) in [4.78, 5) is 14.9. The van der Waals surface area contributed by atoms with Crippen molar-refractivity contribution >= 4 is 6.29 Å². The van der Waals surface area contributed by atoms with Crippen LogP contribution in [0.3, 0.4) is 0 Å². The number of halogens is 3. The van der Waals surface area contributed by atoms with Gasteiger partial charge in [0.25, 0.3) is 0 Å². The van der Waals surface area contributed by atoms with Gasteiger partial charge in [-0.15, -0.1) is 0 Å². The van der Waals surface area contributed by atoms with Gasteiger partial charge in [0, 0.05) is 30.1 Å². The first-order valence-corrected chi connectivity index (χ1v) is 6.20. The summed E-state index contributed by atoms with van der Waals surface area (Å²) in [5.74, 6) is -4.24. The summed E-state index contributed by atoms with van der Waals surface area (Å²) in [5.41, 5.74) is 1.03. The number of hydrogen-bond acceptors (Lipinski definition) is 3. The van der Waals surface area contributed by atoms with Gasteiger partial charge < -0.3 is 0 Å². The molecule has 0 fully saturated rings. The molecule has 2 heterocycles. The molecule has 2 aromatic heterocycles. The number of pyridine rings is 1. The van der Waals surface area contributed by atoms with Crippen LogP contribution in [0.2, 0.25) is 0 Å². The molecule has 0 aliphatic rings. The maximum Gasteiger partial charge on any atom is 0.194 e. The fourth-order valence-corrected chi connectivity index (χ4v) is 2.04. The van der Waals surface area contributed by atoms with Gasteiger partial charge in [-0.25, -0.2) is 17.9 Å². The van der Waals surface area contributed by atoms with E-state index >= 15 is 0 Å². The molecule has 0 radical (unpaired) electrons. The molecule has 1 aromatic carbocycles. The zero-order valence-electron chi connectivity index (χ0n) is 11.0. The Labute approximate surface area is 122 Å². The van der Waals surface area contributed by atoms with Crippen molar-refractivity contribution in [2.24, 2.45) is 0 Å². The van der Waals surface area contributed by atoms with E-state index in [2.05, 4.69) is 10.1 Å². The molecule has 0 unspecified atom stereocenters. The Morgan fingerprint density at radius 2 is 1.82 bits per heavy atom. The monoisotopic (exact) mass is 303 g/mol. The van der Waals surface area contributed by atoms with Gasteiger partial charge in [-0.2, -0.15) is 5.10 Å². The molecule has 0 saturated heterocycles. The topological polar surface area (TPSA) is 47.8 Å². The van der Waals surface area contributed by atoms with Gasteiger partial charge in [-0.05, 0) is 18.2 Å². The second-order valence-corrected chi connectivity index (χ2v) is 4.45. The van der Waals surface area contributed by atoms with E-state index in [1.807, 2.05) is 0 Å². The molecule has 0 spiro atoms. The minimum atomic E-state index is -1.56. The van der Waals surface area contributed by atoms with E-state index in [1.54, 1.807) is 18.3 Å². The highest BCUT2D eigenvalue weighted by Crippen LogP contribution is 2.24. The third-order valence-corrected chi connectivity index (χ3v) is 3.02. The van der Waals surface area contributed by atoms with Gasteiger partial charge in [-0.1, -0.05) is 0 Å². The largest absolute Gasteiger partial charge is 0.296 e. The molecule has 0 aliphatic carbocycles. The number of benzene rings is 1. The smallest absolute Gasteiger partial charge is 0.194 e. The molecular formula is C15H8F3N3O. The molecule has 3 rings (SSSR count). The number of hydrogen-bond donors (Lipinski definition) is 0. The van der Waals surface area contributed by atoms with Crippen molar-refractivity contribution in [3.63, 3.8) is 0 Å². The van der Waals surface area contributed by atoms with Crippen LogP contribution in [-0.2, 0) is 0 Å². The van der Waals surface area contributed by atoms with Crippen LogP contribution in [0.4, 0.5) is 13.2 Å². The highest BCUT2D eigenvalue weighted by molar-refractivity contribution is 5.76. The van der Waals surface area contributed by atoms with E-state index in [0.717, 1.165) is 16.8 Å². The van der Waals surface area contributed by atoms with Crippen LogP contribution in [0.1, 0.15) is 10.5 Å². The van der Waals surface area contributed by atoms with E-state index < -0.39 is 17.5 Å². The van der Waals surface area contributed by atoms with Gasteiger partial charge in [0.2, 0.25) is 0 Å². The second-order valence-electron chi connectivity index (χ2n) is 4.45. The number of carbonyl (C=O) groups excluding carboxylic acids is 1. The molecule has 0 amide bonds. The lowest BCUT2D eigenvalue weighted by atomic mass is 10.2. The minimum Gasteiger partial charge on any atom is -0.296 e. The summed E-state index contributed by atoms with van der Waals surface area (Å²) in [6.07, 6.45) is 3.58. The van der Waals surface area contributed by atoms with E-state index in [-0.39, 0.29) is 11.4 Å². The van der Waals surface area contributed by atoms with Crippen molar-refractivity contribution in [3.8, 4) is 16.9 Å². The Kier molecular flexibility index (Phi) is 3.46. The van der Waals surface area contributed by atoms with Crippen molar-refractivity contribution < 1.29 is 18.0 Å². The van der Waals surface area contributed by atoms with Crippen LogP contribution < -0.4 is 0 Å². The van der Waals surface area contributed by atoms with Crippen molar-refractivity contribution in [2.75, 3.05) is 0 Å². The van der Waals surface area contributed by atoms with Gasteiger partial charge in [0.15, 0.2) is 23.7 Å². The normalized spacial score (nSPS) is 10.7. The van der Waals surface area contributed by atoms with Crippen LogP contribution in [0, 0.1) is 17.5 Å². The molecule has 0 aliphatic heterocycles. The number of aldehydes is 1. The fourth-order valence-electron chi connectivity index (χ4n) is 2.04.